The molecule has 5 heteroatoms. The van der Waals surface area contributed by atoms with E-state index in [4.69, 9.17) is 9.47 Å². The van der Waals surface area contributed by atoms with Crippen LogP contribution in [0.3, 0.4) is 0 Å². The zero-order valence-electron chi connectivity index (χ0n) is 12.2. The summed E-state index contributed by atoms with van der Waals surface area (Å²) in [5, 5.41) is 0. The SMILES string of the molecule is COc1cc(OC)cc(C(=O)C(F)C(=O)c2ccccc2)c1. The lowest BCUT2D eigenvalue weighted by atomic mass is 9.99. The van der Waals surface area contributed by atoms with Crippen LogP contribution >= 0.6 is 0 Å². The van der Waals surface area contributed by atoms with Crippen molar-refractivity contribution in [2.45, 2.75) is 6.17 Å². The quantitative estimate of drug-likeness (QED) is 0.608. The number of rotatable bonds is 6. The standard InChI is InChI=1S/C17H15FO4/c1-21-13-8-12(9-14(10-13)22-2)17(20)15(18)16(19)11-6-4-3-5-7-11/h3-10,15H,1-2H3. The van der Waals surface area contributed by atoms with Gasteiger partial charge in [0.1, 0.15) is 11.5 Å². The first-order chi connectivity index (χ1) is 10.6. The first kappa shape index (κ1) is 15.7. The van der Waals surface area contributed by atoms with E-state index in [0.717, 1.165) is 0 Å². The van der Waals surface area contributed by atoms with Crippen LogP contribution in [0.1, 0.15) is 20.7 Å². The van der Waals surface area contributed by atoms with Crippen LogP contribution in [0.2, 0.25) is 0 Å². The Kier molecular flexibility index (Phi) is 4.88. The molecule has 1 unspecified atom stereocenters. The Morgan fingerprint density at radius 2 is 1.36 bits per heavy atom. The lowest BCUT2D eigenvalue weighted by molar-refractivity contribution is 0.0758. The topological polar surface area (TPSA) is 52.6 Å². The fraction of sp³-hybridized carbons (Fsp3) is 0.176. The highest BCUT2D eigenvalue weighted by atomic mass is 19.1. The van der Waals surface area contributed by atoms with Crippen LogP contribution in [0.4, 0.5) is 4.39 Å². The lowest BCUT2D eigenvalue weighted by Gasteiger charge is -2.10. The van der Waals surface area contributed by atoms with E-state index in [1.54, 1.807) is 24.3 Å². The third-order valence-electron chi connectivity index (χ3n) is 3.15. The van der Waals surface area contributed by atoms with Gasteiger partial charge < -0.3 is 9.47 Å². The zero-order valence-corrected chi connectivity index (χ0v) is 12.2. The van der Waals surface area contributed by atoms with Crippen LogP contribution in [0.25, 0.3) is 0 Å². The number of hydrogen-bond acceptors (Lipinski definition) is 4. The third kappa shape index (κ3) is 3.31. The number of ketones is 2. The Bertz CT molecular complexity index is 660. The molecule has 0 bridgehead atoms. The molecule has 1 atom stereocenters. The molecular weight excluding hydrogens is 287 g/mol. The van der Waals surface area contributed by atoms with Crippen molar-refractivity contribution in [3.8, 4) is 11.5 Å². The Morgan fingerprint density at radius 1 is 0.864 bits per heavy atom. The molecule has 22 heavy (non-hydrogen) atoms. The molecule has 0 spiro atoms. The molecule has 0 aliphatic carbocycles. The molecule has 0 saturated heterocycles. The molecule has 0 fully saturated rings. The largest absolute Gasteiger partial charge is 0.497 e. The Balaban J connectivity index is 2.29. The highest BCUT2D eigenvalue weighted by Crippen LogP contribution is 2.24. The number of hydrogen-bond donors (Lipinski definition) is 0. The van der Waals surface area contributed by atoms with Gasteiger partial charge in [-0.25, -0.2) is 4.39 Å². The van der Waals surface area contributed by atoms with Crippen molar-refractivity contribution in [1.29, 1.82) is 0 Å². The average molecular weight is 302 g/mol. The predicted octanol–water partition coefficient (Wildman–Crippen LogP) is 3.11. The first-order valence-corrected chi connectivity index (χ1v) is 6.57. The van der Waals surface area contributed by atoms with E-state index in [1.807, 2.05) is 0 Å². The first-order valence-electron chi connectivity index (χ1n) is 6.57. The number of Topliss-reactive ketones (excluding diaryl/α,β-unsaturated/α-hetero) is 2. The molecule has 0 N–H and O–H groups in total. The summed E-state index contributed by atoms with van der Waals surface area (Å²) in [6, 6.07) is 12.2. The molecule has 0 heterocycles. The van der Waals surface area contributed by atoms with E-state index in [9.17, 15) is 14.0 Å². The number of carbonyl (C=O) groups excluding carboxylic acids is 2. The lowest BCUT2D eigenvalue weighted by Crippen LogP contribution is -2.26. The fourth-order valence-electron chi connectivity index (χ4n) is 1.96. The van der Waals surface area contributed by atoms with Crippen LogP contribution in [0, 0.1) is 0 Å². The second-order valence-electron chi connectivity index (χ2n) is 4.56. The molecule has 0 aliphatic rings. The summed E-state index contributed by atoms with van der Waals surface area (Å²) >= 11 is 0. The van der Waals surface area contributed by atoms with Gasteiger partial charge >= 0.3 is 0 Å². The van der Waals surface area contributed by atoms with Crippen molar-refractivity contribution in [2.24, 2.45) is 0 Å². The van der Waals surface area contributed by atoms with Gasteiger partial charge in [0, 0.05) is 17.2 Å². The monoisotopic (exact) mass is 302 g/mol. The highest BCUT2D eigenvalue weighted by Gasteiger charge is 2.28. The molecule has 114 valence electrons. The summed E-state index contributed by atoms with van der Waals surface area (Å²) in [4.78, 5) is 24.2. The van der Waals surface area contributed by atoms with Gasteiger partial charge in [0.2, 0.25) is 17.7 Å². The van der Waals surface area contributed by atoms with Gasteiger partial charge in [-0.15, -0.1) is 0 Å². The number of methoxy groups -OCH3 is 2. The predicted molar refractivity (Wildman–Crippen MR) is 79.5 cm³/mol. The summed E-state index contributed by atoms with van der Waals surface area (Å²) in [5.74, 6) is -1.09. The van der Waals surface area contributed by atoms with E-state index in [0.29, 0.717) is 11.5 Å². The summed E-state index contributed by atoms with van der Waals surface area (Å²) in [5.41, 5.74) is 0.172. The molecule has 0 aliphatic heterocycles. The minimum absolute atomic E-state index is 0.0213. The minimum atomic E-state index is -2.26. The molecule has 4 nitrogen and oxygen atoms in total. The average Bonchev–Trinajstić information content (AvgIpc) is 2.59. The summed E-state index contributed by atoms with van der Waals surface area (Å²) in [6.45, 7) is 0. The van der Waals surface area contributed by atoms with E-state index < -0.39 is 17.7 Å². The van der Waals surface area contributed by atoms with E-state index >= 15 is 0 Å². The maximum atomic E-state index is 14.3. The number of benzene rings is 2. The molecular formula is C17H15FO4. The van der Waals surface area contributed by atoms with Crippen LogP contribution < -0.4 is 9.47 Å². The molecule has 2 rings (SSSR count). The van der Waals surface area contributed by atoms with Crippen molar-refractivity contribution < 1.29 is 23.5 Å². The van der Waals surface area contributed by atoms with Crippen molar-refractivity contribution in [2.75, 3.05) is 14.2 Å². The van der Waals surface area contributed by atoms with Gasteiger partial charge in [0.05, 0.1) is 14.2 Å². The number of halogens is 1. The van der Waals surface area contributed by atoms with Gasteiger partial charge in [-0.05, 0) is 12.1 Å². The Morgan fingerprint density at radius 3 is 1.86 bits per heavy atom. The van der Waals surface area contributed by atoms with Gasteiger partial charge in [-0.3, -0.25) is 9.59 Å². The summed E-state index contributed by atoms with van der Waals surface area (Å²) in [7, 11) is 2.84. The second-order valence-corrected chi connectivity index (χ2v) is 4.56. The van der Waals surface area contributed by atoms with Crippen molar-refractivity contribution in [1.82, 2.24) is 0 Å². The van der Waals surface area contributed by atoms with E-state index in [1.165, 1.54) is 38.5 Å². The van der Waals surface area contributed by atoms with Gasteiger partial charge in [0.25, 0.3) is 0 Å². The molecule has 0 radical (unpaired) electrons. The van der Waals surface area contributed by atoms with Crippen LogP contribution in [-0.2, 0) is 0 Å². The van der Waals surface area contributed by atoms with E-state index in [2.05, 4.69) is 0 Å². The van der Waals surface area contributed by atoms with Gasteiger partial charge in [0.15, 0.2) is 0 Å². The van der Waals surface area contributed by atoms with Crippen molar-refractivity contribution in [3.63, 3.8) is 0 Å². The fourth-order valence-corrected chi connectivity index (χ4v) is 1.96. The maximum Gasteiger partial charge on any atom is 0.225 e. The molecule has 0 amide bonds. The van der Waals surface area contributed by atoms with E-state index in [-0.39, 0.29) is 11.1 Å². The Hall–Kier alpha value is -2.69. The van der Waals surface area contributed by atoms with Gasteiger partial charge in [-0.1, -0.05) is 30.3 Å². The minimum Gasteiger partial charge on any atom is -0.497 e. The normalized spacial score (nSPS) is 11.6. The maximum absolute atomic E-state index is 14.3. The summed E-state index contributed by atoms with van der Waals surface area (Å²) in [6.07, 6.45) is -2.26. The zero-order chi connectivity index (χ0) is 16.1. The molecule has 2 aromatic carbocycles. The number of alkyl halides is 1. The third-order valence-corrected chi connectivity index (χ3v) is 3.15. The highest BCUT2D eigenvalue weighted by molar-refractivity contribution is 6.18. The number of ether oxygens (including phenoxy) is 2. The van der Waals surface area contributed by atoms with Crippen LogP contribution in [0.15, 0.2) is 48.5 Å². The van der Waals surface area contributed by atoms with Crippen molar-refractivity contribution >= 4 is 11.6 Å². The molecule has 0 saturated carbocycles. The number of carbonyl (C=O) groups is 2. The van der Waals surface area contributed by atoms with Crippen molar-refractivity contribution in [3.05, 3.63) is 59.7 Å². The summed E-state index contributed by atoms with van der Waals surface area (Å²) < 4.78 is 24.3. The second kappa shape index (κ2) is 6.85. The molecule has 0 aromatic heterocycles. The smallest absolute Gasteiger partial charge is 0.225 e. The Labute approximate surface area is 127 Å². The van der Waals surface area contributed by atoms with Crippen LogP contribution in [-0.4, -0.2) is 32.0 Å². The van der Waals surface area contributed by atoms with Crippen LogP contribution in [0.5, 0.6) is 11.5 Å². The van der Waals surface area contributed by atoms with Gasteiger partial charge in [-0.2, -0.15) is 0 Å². The molecule has 2 aromatic rings.